The van der Waals surface area contributed by atoms with Crippen LogP contribution in [-0.2, 0) is 0 Å². The number of hydrogen-bond donors (Lipinski definition) is 1. The van der Waals surface area contributed by atoms with Gasteiger partial charge in [0.05, 0.1) is 20.2 Å². The number of carbonyl (C=O) groups is 1. The van der Waals surface area contributed by atoms with E-state index in [1.54, 1.807) is 35.6 Å². The standard InChI is InChI=1S/C20H11ClN4O2S3/c21-13-3-1-4-14-16(13)22-20(29-14)30-19-24-23-17(15-5-2-10-28-15)25(19)12-8-6-11(7-9-12)18(26)27/h1-10H,(H,26,27). The molecule has 5 aromatic rings. The normalized spacial score (nSPS) is 11.2. The van der Waals surface area contributed by atoms with E-state index in [-0.39, 0.29) is 5.56 Å². The molecule has 30 heavy (non-hydrogen) atoms. The van der Waals surface area contributed by atoms with Crippen LogP contribution < -0.4 is 0 Å². The van der Waals surface area contributed by atoms with Crippen LogP contribution in [0.1, 0.15) is 10.4 Å². The fourth-order valence-electron chi connectivity index (χ4n) is 2.90. The van der Waals surface area contributed by atoms with Crippen LogP contribution >= 0.6 is 46.0 Å². The van der Waals surface area contributed by atoms with E-state index >= 15 is 0 Å². The molecule has 1 N–H and O–H groups in total. The molecule has 0 amide bonds. The molecule has 0 spiro atoms. The third kappa shape index (κ3) is 3.50. The monoisotopic (exact) mass is 470 g/mol. The lowest BCUT2D eigenvalue weighted by Gasteiger charge is -2.09. The number of rotatable bonds is 5. The zero-order valence-corrected chi connectivity index (χ0v) is 18.2. The molecule has 10 heteroatoms. The van der Waals surface area contributed by atoms with Crippen molar-refractivity contribution < 1.29 is 9.90 Å². The van der Waals surface area contributed by atoms with Crippen molar-refractivity contribution in [3.8, 4) is 16.4 Å². The summed E-state index contributed by atoms with van der Waals surface area (Å²) in [4.78, 5) is 16.8. The number of nitrogens with zero attached hydrogens (tertiary/aromatic N) is 4. The van der Waals surface area contributed by atoms with Crippen LogP contribution in [0.4, 0.5) is 0 Å². The zero-order valence-electron chi connectivity index (χ0n) is 15.0. The van der Waals surface area contributed by atoms with Crippen LogP contribution in [-0.4, -0.2) is 30.8 Å². The van der Waals surface area contributed by atoms with E-state index in [9.17, 15) is 9.90 Å². The predicted octanol–water partition coefficient (Wildman–Crippen LogP) is 6.11. The third-order valence-electron chi connectivity index (χ3n) is 4.28. The second-order valence-corrected chi connectivity index (χ2v) is 9.74. The Labute approximate surface area is 187 Å². The number of benzene rings is 2. The van der Waals surface area contributed by atoms with Gasteiger partial charge in [0, 0.05) is 5.69 Å². The lowest BCUT2D eigenvalue weighted by Crippen LogP contribution is -2.01. The Bertz CT molecular complexity index is 1360. The Morgan fingerprint density at radius 3 is 2.60 bits per heavy atom. The minimum absolute atomic E-state index is 0.222. The number of halogens is 1. The Morgan fingerprint density at radius 1 is 1.07 bits per heavy atom. The number of aromatic nitrogens is 4. The molecule has 0 aliphatic rings. The van der Waals surface area contributed by atoms with Crippen molar-refractivity contribution in [3.63, 3.8) is 0 Å². The molecule has 6 nitrogen and oxygen atoms in total. The van der Waals surface area contributed by atoms with Crippen molar-refractivity contribution in [1.82, 2.24) is 19.7 Å². The predicted molar refractivity (Wildman–Crippen MR) is 120 cm³/mol. The molecule has 0 radical (unpaired) electrons. The first-order valence-corrected chi connectivity index (χ1v) is 11.5. The Hall–Kier alpha value is -2.72. The van der Waals surface area contributed by atoms with Gasteiger partial charge in [-0.15, -0.1) is 32.9 Å². The van der Waals surface area contributed by atoms with Crippen molar-refractivity contribution in [2.24, 2.45) is 0 Å². The van der Waals surface area contributed by atoms with Crippen LogP contribution in [0, 0.1) is 0 Å². The topological polar surface area (TPSA) is 80.9 Å². The van der Waals surface area contributed by atoms with Gasteiger partial charge in [0.1, 0.15) is 5.52 Å². The lowest BCUT2D eigenvalue weighted by atomic mass is 10.2. The summed E-state index contributed by atoms with van der Waals surface area (Å²) in [5.74, 6) is -0.278. The molecule has 0 bridgehead atoms. The first kappa shape index (κ1) is 19.3. The largest absolute Gasteiger partial charge is 0.478 e. The summed E-state index contributed by atoms with van der Waals surface area (Å²) in [7, 11) is 0. The molecule has 2 aromatic carbocycles. The number of aromatic carboxylic acids is 1. The van der Waals surface area contributed by atoms with E-state index in [1.807, 2.05) is 40.3 Å². The number of fused-ring (bicyclic) bond motifs is 1. The highest BCUT2D eigenvalue weighted by Gasteiger charge is 2.19. The minimum Gasteiger partial charge on any atom is -0.478 e. The highest BCUT2D eigenvalue weighted by atomic mass is 35.5. The molecule has 0 saturated carbocycles. The Balaban J connectivity index is 1.61. The maximum absolute atomic E-state index is 11.2. The maximum Gasteiger partial charge on any atom is 0.335 e. The molecule has 0 fully saturated rings. The Morgan fingerprint density at radius 2 is 1.90 bits per heavy atom. The van der Waals surface area contributed by atoms with Crippen LogP contribution in [0.2, 0.25) is 5.02 Å². The van der Waals surface area contributed by atoms with Crippen LogP contribution in [0.15, 0.2) is 69.5 Å². The quantitative estimate of drug-likeness (QED) is 0.334. The lowest BCUT2D eigenvalue weighted by molar-refractivity contribution is 0.0697. The van der Waals surface area contributed by atoms with Crippen LogP contribution in [0.5, 0.6) is 0 Å². The van der Waals surface area contributed by atoms with Gasteiger partial charge in [-0.3, -0.25) is 4.57 Å². The van der Waals surface area contributed by atoms with E-state index in [2.05, 4.69) is 15.2 Å². The Kier molecular flexibility index (Phi) is 5.03. The van der Waals surface area contributed by atoms with Gasteiger partial charge in [-0.2, -0.15) is 0 Å². The summed E-state index contributed by atoms with van der Waals surface area (Å²) in [6.07, 6.45) is 0. The van der Waals surface area contributed by atoms with Gasteiger partial charge in [0.15, 0.2) is 10.2 Å². The van der Waals surface area contributed by atoms with Gasteiger partial charge in [-0.1, -0.05) is 23.7 Å². The van der Waals surface area contributed by atoms with Gasteiger partial charge in [0.25, 0.3) is 0 Å². The van der Waals surface area contributed by atoms with Crippen molar-refractivity contribution in [3.05, 3.63) is 70.6 Å². The van der Waals surface area contributed by atoms with E-state index < -0.39 is 5.97 Å². The van der Waals surface area contributed by atoms with Gasteiger partial charge in [-0.05, 0) is 59.6 Å². The maximum atomic E-state index is 11.2. The molecule has 0 aliphatic carbocycles. The highest BCUT2D eigenvalue weighted by Crippen LogP contribution is 2.38. The number of carboxylic acid groups (broad SMARTS) is 1. The molecule has 3 aromatic heterocycles. The second-order valence-electron chi connectivity index (χ2n) is 6.14. The molecule has 5 rings (SSSR count). The number of para-hydroxylation sites is 1. The van der Waals surface area contributed by atoms with Crippen molar-refractivity contribution in [2.75, 3.05) is 0 Å². The molecule has 148 valence electrons. The summed E-state index contributed by atoms with van der Waals surface area (Å²) in [5, 5.41) is 21.2. The van der Waals surface area contributed by atoms with Crippen molar-refractivity contribution in [2.45, 2.75) is 9.50 Å². The molecular weight excluding hydrogens is 460 g/mol. The second kappa shape index (κ2) is 7.84. The first-order valence-electron chi connectivity index (χ1n) is 8.66. The summed E-state index contributed by atoms with van der Waals surface area (Å²) in [6, 6.07) is 16.3. The van der Waals surface area contributed by atoms with E-state index in [0.29, 0.717) is 16.0 Å². The average Bonchev–Trinajstić information content (AvgIpc) is 3.48. The molecule has 0 saturated heterocycles. The van der Waals surface area contributed by atoms with Gasteiger partial charge in [-0.25, -0.2) is 9.78 Å². The van der Waals surface area contributed by atoms with Gasteiger partial charge < -0.3 is 5.11 Å². The van der Waals surface area contributed by atoms with Gasteiger partial charge in [0.2, 0.25) is 5.16 Å². The number of thiazole rings is 1. The van der Waals surface area contributed by atoms with Gasteiger partial charge >= 0.3 is 5.97 Å². The molecular formula is C20H11ClN4O2S3. The van der Waals surface area contributed by atoms with Crippen LogP contribution in [0.25, 0.3) is 26.6 Å². The van der Waals surface area contributed by atoms with E-state index in [4.69, 9.17) is 11.6 Å². The first-order chi connectivity index (χ1) is 14.6. The fraction of sp³-hybridized carbons (Fsp3) is 0. The summed E-state index contributed by atoms with van der Waals surface area (Å²) in [5.41, 5.74) is 1.76. The van der Waals surface area contributed by atoms with Crippen molar-refractivity contribution >= 4 is 62.2 Å². The molecule has 0 unspecified atom stereocenters. The van der Waals surface area contributed by atoms with E-state index in [0.717, 1.165) is 25.1 Å². The number of hydrogen-bond acceptors (Lipinski definition) is 7. The number of carboxylic acids is 1. The summed E-state index contributed by atoms with van der Waals surface area (Å²) >= 11 is 10.8. The minimum atomic E-state index is -0.968. The number of thiophene rings is 1. The van der Waals surface area contributed by atoms with Crippen LogP contribution in [0.3, 0.4) is 0 Å². The summed E-state index contributed by atoms with van der Waals surface area (Å²) in [6.45, 7) is 0. The smallest absolute Gasteiger partial charge is 0.335 e. The molecule has 0 atom stereocenters. The third-order valence-corrected chi connectivity index (χ3v) is 7.47. The summed E-state index contributed by atoms with van der Waals surface area (Å²) < 4.78 is 3.71. The van der Waals surface area contributed by atoms with E-state index in [1.165, 1.54) is 23.1 Å². The molecule has 3 heterocycles. The highest BCUT2D eigenvalue weighted by molar-refractivity contribution is 8.01. The fourth-order valence-corrected chi connectivity index (χ4v) is 5.92. The average molecular weight is 471 g/mol. The van der Waals surface area contributed by atoms with Crippen molar-refractivity contribution in [1.29, 1.82) is 0 Å². The zero-order chi connectivity index (χ0) is 20.7. The SMILES string of the molecule is O=C(O)c1ccc(-n2c(Sc3nc4c(Cl)cccc4s3)nnc2-c2cccs2)cc1. The molecule has 0 aliphatic heterocycles.